The number of hydrogen-bond donors (Lipinski definition) is 0. The Kier molecular flexibility index (Phi) is 3.54. The van der Waals surface area contributed by atoms with E-state index in [9.17, 15) is 0 Å². The molecule has 0 radical (unpaired) electrons. The normalized spacial score (nSPS) is 22.1. The zero-order valence-electron chi connectivity index (χ0n) is 13.1. The summed E-state index contributed by atoms with van der Waals surface area (Å²) in [5, 5.41) is 0. The lowest BCUT2D eigenvalue weighted by Gasteiger charge is -2.30. The van der Waals surface area contributed by atoms with E-state index in [4.69, 9.17) is 9.98 Å². The molecule has 1 aliphatic heterocycles. The quantitative estimate of drug-likeness (QED) is 0.854. The molecule has 2 aromatic rings. The number of para-hydroxylation sites is 1. The van der Waals surface area contributed by atoms with Crippen LogP contribution in [0.15, 0.2) is 77.8 Å². The van der Waals surface area contributed by atoms with Gasteiger partial charge in [-0.2, -0.15) is 0 Å². The molecule has 0 N–H and O–H groups in total. The van der Waals surface area contributed by atoms with Crippen LogP contribution < -0.4 is 4.90 Å². The van der Waals surface area contributed by atoms with Crippen molar-refractivity contribution in [2.24, 2.45) is 4.99 Å². The van der Waals surface area contributed by atoms with Gasteiger partial charge in [-0.15, -0.1) is 0 Å². The van der Waals surface area contributed by atoms with Crippen molar-refractivity contribution in [1.82, 2.24) is 4.98 Å². The summed E-state index contributed by atoms with van der Waals surface area (Å²) in [6.45, 7) is 2.13. The summed E-state index contributed by atoms with van der Waals surface area (Å²) in [5.41, 5.74) is 4.39. The number of allylic oxidation sites excluding steroid dienone is 2. The van der Waals surface area contributed by atoms with Crippen molar-refractivity contribution >= 4 is 11.4 Å². The molecule has 0 saturated carbocycles. The van der Waals surface area contributed by atoms with Crippen LogP contribution in [0.2, 0.25) is 0 Å². The third-order valence-electron chi connectivity index (χ3n) is 4.32. The molecular weight excluding hydrogens is 282 g/mol. The molecule has 1 aromatic heterocycles. The molecule has 0 bridgehead atoms. The molecule has 2 unspecified atom stereocenters. The topological polar surface area (TPSA) is 28.5 Å². The molecule has 1 aliphatic carbocycles. The van der Waals surface area contributed by atoms with Crippen molar-refractivity contribution in [3.05, 3.63) is 84.2 Å². The lowest BCUT2D eigenvalue weighted by atomic mass is 10.1. The van der Waals surface area contributed by atoms with Crippen LogP contribution in [-0.2, 0) is 6.42 Å². The van der Waals surface area contributed by atoms with E-state index in [0.717, 1.165) is 23.5 Å². The van der Waals surface area contributed by atoms with Crippen LogP contribution in [0.5, 0.6) is 0 Å². The largest absolute Gasteiger partial charge is 0.332 e. The Morgan fingerprint density at radius 1 is 1.00 bits per heavy atom. The Morgan fingerprint density at radius 3 is 2.70 bits per heavy atom. The molecule has 2 heterocycles. The van der Waals surface area contributed by atoms with Gasteiger partial charge in [-0.1, -0.05) is 49.4 Å². The van der Waals surface area contributed by atoms with Gasteiger partial charge in [0.1, 0.15) is 0 Å². The number of fused-ring (bicyclic) bond motifs is 1. The Labute approximate surface area is 136 Å². The van der Waals surface area contributed by atoms with Gasteiger partial charge in [-0.25, -0.2) is 0 Å². The second-order valence-electron chi connectivity index (χ2n) is 5.77. The highest BCUT2D eigenvalue weighted by Gasteiger charge is 2.36. The van der Waals surface area contributed by atoms with Gasteiger partial charge in [-0.3, -0.25) is 9.98 Å². The summed E-state index contributed by atoms with van der Waals surface area (Å²) in [6, 6.07) is 16.9. The van der Waals surface area contributed by atoms with E-state index in [0.29, 0.717) is 0 Å². The van der Waals surface area contributed by atoms with E-state index >= 15 is 0 Å². The van der Waals surface area contributed by atoms with Gasteiger partial charge in [0.15, 0.2) is 6.17 Å². The van der Waals surface area contributed by atoms with E-state index in [1.165, 1.54) is 5.69 Å². The summed E-state index contributed by atoms with van der Waals surface area (Å²) in [4.78, 5) is 12.1. The Bertz CT molecular complexity index is 790. The van der Waals surface area contributed by atoms with Crippen molar-refractivity contribution < 1.29 is 0 Å². The molecule has 114 valence electrons. The monoisotopic (exact) mass is 301 g/mol. The molecule has 3 nitrogen and oxygen atoms in total. The minimum absolute atomic E-state index is 0.0729. The first-order chi connectivity index (χ1) is 11.4. The van der Waals surface area contributed by atoms with Gasteiger partial charge in [-0.05, 0) is 36.8 Å². The Hall–Kier alpha value is -2.68. The van der Waals surface area contributed by atoms with Crippen molar-refractivity contribution in [2.45, 2.75) is 25.6 Å². The van der Waals surface area contributed by atoms with Crippen LogP contribution in [0.4, 0.5) is 5.69 Å². The zero-order chi connectivity index (χ0) is 15.6. The molecular formula is C20H19N3. The molecule has 0 saturated heterocycles. The van der Waals surface area contributed by atoms with Gasteiger partial charge in [0.05, 0.1) is 17.4 Å². The van der Waals surface area contributed by atoms with Crippen LogP contribution >= 0.6 is 0 Å². The summed E-state index contributed by atoms with van der Waals surface area (Å²) >= 11 is 0. The van der Waals surface area contributed by atoms with Gasteiger partial charge >= 0.3 is 0 Å². The summed E-state index contributed by atoms with van der Waals surface area (Å²) in [7, 11) is 0. The predicted molar refractivity (Wildman–Crippen MR) is 94.8 cm³/mol. The maximum atomic E-state index is 4.96. The van der Waals surface area contributed by atoms with Gasteiger partial charge in [0.2, 0.25) is 0 Å². The SMILES string of the molecule is CCc1cccc(C2N=C3C=CC=CC3N2c2ccccc2)n1. The fourth-order valence-electron chi connectivity index (χ4n) is 3.18. The summed E-state index contributed by atoms with van der Waals surface area (Å²) in [5.74, 6) is 0. The first-order valence-electron chi connectivity index (χ1n) is 8.08. The fourth-order valence-corrected chi connectivity index (χ4v) is 3.18. The summed E-state index contributed by atoms with van der Waals surface area (Å²) in [6.07, 6.45) is 9.32. The fraction of sp³-hybridized carbons (Fsp3) is 0.200. The maximum absolute atomic E-state index is 4.96. The van der Waals surface area contributed by atoms with Crippen LogP contribution in [0.25, 0.3) is 0 Å². The number of pyridine rings is 1. The number of aromatic nitrogens is 1. The van der Waals surface area contributed by atoms with Crippen molar-refractivity contribution in [1.29, 1.82) is 0 Å². The van der Waals surface area contributed by atoms with Crippen molar-refractivity contribution in [3.8, 4) is 0 Å². The third kappa shape index (κ3) is 2.48. The number of anilines is 1. The van der Waals surface area contributed by atoms with E-state index in [-0.39, 0.29) is 12.2 Å². The highest BCUT2D eigenvalue weighted by Crippen LogP contribution is 2.36. The first kappa shape index (κ1) is 13.9. The van der Waals surface area contributed by atoms with Crippen molar-refractivity contribution in [3.63, 3.8) is 0 Å². The minimum atomic E-state index is -0.0729. The molecule has 4 rings (SSSR count). The van der Waals surface area contributed by atoms with E-state index in [1.54, 1.807) is 0 Å². The van der Waals surface area contributed by atoms with Gasteiger partial charge in [0.25, 0.3) is 0 Å². The highest BCUT2D eigenvalue weighted by atomic mass is 15.3. The number of aliphatic imine (C=N–C) groups is 1. The molecule has 0 amide bonds. The number of aryl methyl sites for hydroxylation is 1. The Morgan fingerprint density at radius 2 is 1.87 bits per heavy atom. The predicted octanol–water partition coefficient (Wildman–Crippen LogP) is 4.10. The number of hydrogen-bond acceptors (Lipinski definition) is 3. The van der Waals surface area contributed by atoms with Crippen LogP contribution in [0, 0.1) is 0 Å². The van der Waals surface area contributed by atoms with Gasteiger partial charge < -0.3 is 4.90 Å². The molecule has 0 fully saturated rings. The molecule has 3 heteroatoms. The smallest absolute Gasteiger partial charge is 0.165 e. The maximum Gasteiger partial charge on any atom is 0.165 e. The first-order valence-corrected chi connectivity index (χ1v) is 8.08. The van der Waals surface area contributed by atoms with Crippen LogP contribution in [0.3, 0.4) is 0 Å². The second kappa shape index (κ2) is 5.84. The number of nitrogens with zero attached hydrogens (tertiary/aromatic N) is 3. The molecule has 2 atom stereocenters. The lowest BCUT2D eigenvalue weighted by molar-refractivity contribution is 0.671. The summed E-state index contributed by atoms with van der Waals surface area (Å²) < 4.78 is 0. The minimum Gasteiger partial charge on any atom is -0.332 e. The standard InChI is InChI=1S/C20H19N3/c1-2-15-9-8-13-18(21-15)20-22-17-12-6-7-14-19(17)23(20)16-10-4-3-5-11-16/h3-14,19-20H,2H2,1H3. The average molecular weight is 301 g/mol. The Balaban J connectivity index is 1.80. The van der Waals surface area contributed by atoms with Crippen LogP contribution in [0.1, 0.15) is 24.5 Å². The average Bonchev–Trinajstić information content (AvgIpc) is 3.02. The lowest BCUT2D eigenvalue weighted by Crippen LogP contribution is -2.36. The number of benzene rings is 1. The van der Waals surface area contributed by atoms with E-state index < -0.39 is 0 Å². The molecule has 2 aliphatic rings. The molecule has 0 spiro atoms. The van der Waals surface area contributed by atoms with Gasteiger partial charge in [0, 0.05) is 11.4 Å². The molecule has 1 aromatic carbocycles. The van der Waals surface area contributed by atoms with Crippen LogP contribution in [-0.4, -0.2) is 16.7 Å². The van der Waals surface area contributed by atoms with Crippen molar-refractivity contribution in [2.75, 3.05) is 4.90 Å². The number of rotatable bonds is 3. The second-order valence-corrected chi connectivity index (χ2v) is 5.77. The molecule has 23 heavy (non-hydrogen) atoms. The van der Waals surface area contributed by atoms with E-state index in [2.05, 4.69) is 78.6 Å². The van der Waals surface area contributed by atoms with E-state index in [1.807, 2.05) is 6.07 Å². The zero-order valence-corrected chi connectivity index (χ0v) is 13.1. The third-order valence-corrected chi connectivity index (χ3v) is 4.32. The highest BCUT2D eigenvalue weighted by molar-refractivity contribution is 6.06.